The Morgan fingerprint density at radius 3 is 0.632 bits per heavy atom. The molecule has 0 rings (SSSR count). The number of carbonyl (C=O) groups excluding carboxylic acids is 3. The summed E-state index contributed by atoms with van der Waals surface area (Å²) < 4.78 is 61.6. The van der Waals surface area contributed by atoms with Crippen LogP contribution in [0.3, 0.4) is 0 Å². The fourth-order valence-corrected chi connectivity index (χ4v) is 14.5. The highest BCUT2D eigenvalue weighted by atomic mass is 31.2. The van der Waals surface area contributed by atoms with Gasteiger partial charge in [0.1, 0.15) is 25.4 Å². The summed E-state index contributed by atoms with van der Waals surface area (Å²) in [5, 5.41) is 20.8. The minimum atomic E-state index is -4.96. The third-order valence-electron chi connectivity index (χ3n) is 20.2. The van der Waals surface area contributed by atoms with Crippen LogP contribution in [0.2, 0.25) is 0 Å². The Hall–Kier alpha value is -6.13. The third-order valence-corrected chi connectivity index (χ3v) is 22.1. The molecule has 0 aliphatic carbocycles. The Bertz CT molecular complexity index is 3150. The van der Waals surface area contributed by atoms with Crippen molar-refractivity contribution in [3.8, 4) is 0 Å². The number of carbonyl (C=O) groups is 3. The minimum absolute atomic E-state index is 0.0680. The van der Waals surface area contributed by atoms with E-state index in [1.54, 1.807) is 0 Å². The number of ether oxygens (including phenoxy) is 3. The maximum absolute atomic E-state index is 13.1. The second-order valence-corrected chi connectivity index (χ2v) is 35.0. The molecule has 125 heavy (non-hydrogen) atoms. The molecule has 710 valence electrons. The first-order valence-electron chi connectivity index (χ1n) is 49.0. The lowest BCUT2D eigenvalue weighted by Crippen LogP contribution is -2.30. The minimum Gasteiger partial charge on any atom is -0.463 e. The molecule has 0 bridgehead atoms. The summed E-state index contributed by atoms with van der Waals surface area (Å²) in [7, 11) is -9.83. The van der Waals surface area contributed by atoms with Crippen molar-refractivity contribution < 1.29 is 75.8 Å². The molecule has 0 amide bonds. The van der Waals surface area contributed by atoms with Gasteiger partial charge in [-0.1, -0.05) is 406 Å². The van der Waals surface area contributed by atoms with Crippen LogP contribution in [0.1, 0.15) is 380 Å². The molecule has 0 aromatic heterocycles. The van der Waals surface area contributed by atoms with Crippen molar-refractivity contribution >= 4 is 33.6 Å². The van der Waals surface area contributed by atoms with E-state index in [1.807, 2.05) is 0 Å². The van der Waals surface area contributed by atoms with Crippen LogP contribution < -0.4 is 0 Å². The van der Waals surface area contributed by atoms with Crippen LogP contribution in [0, 0.1) is 0 Å². The fourth-order valence-electron chi connectivity index (χ4n) is 12.9. The van der Waals surface area contributed by atoms with Crippen LogP contribution in [-0.2, 0) is 55.8 Å². The largest absolute Gasteiger partial charge is 0.472 e. The number of aliphatic hydroxyl groups is 2. The number of hydrogen-bond donors (Lipinski definition) is 4. The zero-order chi connectivity index (χ0) is 90.7. The van der Waals surface area contributed by atoms with Crippen molar-refractivity contribution in [2.24, 2.45) is 0 Å². The van der Waals surface area contributed by atoms with Crippen molar-refractivity contribution in [2.45, 2.75) is 399 Å². The van der Waals surface area contributed by atoms with Crippen LogP contribution in [0.5, 0.6) is 0 Å². The molecule has 16 nitrogen and oxygen atoms in total. The zero-order valence-electron chi connectivity index (χ0n) is 78.4. The molecule has 0 fully saturated rings. The second-order valence-electron chi connectivity index (χ2n) is 32.1. The molecule has 4 N–H and O–H groups in total. The number of phosphoric ester groups is 2. The van der Waals surface area contributed by atoms with E-state index in [-0.39, 0.29) is 19.3 Å². The molecule has 0 radical (unpaired) electrons. The summed E-state index contributed by atoms with van der Waals surface area (Å²) in [5.74, 6) is -1.61. The van der Waals surface area contributed by atoms with Crippen LogP contribution >= 0.6 is 15.6 Å². The van der Waals surface area contributed by atoms with Crippen LogP contribution in [0.15, 0.2) is 219 Å². The van der Waals surface area contributed by atoms with Crippen molar-refractivity contribution in [1.82, 2.24) is 0 Å². The number of hydrogen-bond acceptors (Lipinski definition) is 14. The SMILES string of the molecule is CC/C=C\C/C=C\C/C=C\C/C=C\C/C=C\C/C=C\CCCCCCCCCCCCCCCCC(=O)OCC(O)COP(=O)(O)OCC(O)COP(=O)(O)OCC(COC(=O)CCCCCCCCCCCCCCCC/C=C\C/C=C\C/C=C\C/C=C\C/C=C\C/C=C\CC)OC(=O)CCCCCC/C=C\C/C=C\C/C=C\C/C=C\C/C=C\C/C=C\CC. The van der Waals surface area contributed by atoms with E-state index in [2.05, 4.69) is 240 Å². The Kier molecular flexibility index (Phi) is 92.2. The lowest BCUT2D eigenvalue weighted by atomic mass is 10.0. The molecule has 0 aliphatic heterocycles. The van der Waals surface area contributed by atoms with E-state index in [9.17, 15) is 43.5 Å². The molecule has 0 aliphatic rings. The number of phosphoric acid groups is 2. The van der Waals surface area contributed by atoms with Gasteiger partial charge in [-0.25, -0.2) is 9.13 Å². The summed E-state index contributed by atoms with van der Waals surface area (Å²) in [6.07, 6.45) is 133. The monoisotopic (exact) mass is 1780 g/mol. The summed E-state index contributed by atoms with van der Waals surface area (Å²) in [6.45, 7) is 2.34. The summed E-state index contributed by atoms with van der Waals surface area (Å²) >= 11 is 0. The molecular formula is C107H176O16P2. The molecule has 0 aromatic rings. The van der Waals surface area contributed by atoms with Gasteiger partial charge in [-0.05, 0) is 173 Å². The van der Waals surface area contributed by atoms with Gasteiger partial charge in [-0.15, -0.1) is 0 Å². The summed E-state index contributed by atoms with van der Waals surface area (Å²) in [6, 6.07) is 0. The number of allylic oxidation sites excluding steroid dienone is 36. The van der Waals surface area contributed by atoms with Crippen LogP contribution in [-0.4, -0.2) is 95.9 Å². The molecule has 5 atom stereocenters. The first-order valence-corrected chi connectivity index (χ1v) is 52.0. The van der Waals surface area contributed by atoms with E-state index in [1.165, 1.54) is 122 Å². The van der Waals surface area contributed by atoms with Crippen molar-refractivity contribution in [3.63, 3.8) is 0 Å². The molecule has 0 spiro atoms. The van der Waals surface area contributed by atoms with Gasteiger partial charge < -0.3 is 34.2 Å². The quantitative estimate of drug-likeness (QED) is 0.0146. The van der Waals surface area contributed by atoms with E-state index in [4.69, 9.17) is 32.3 Å². The topological polar surface area (TPSA) is 231 Å². The van der Waals surface area contributed by atoms with Crippen molar-refractivity contribution in [3.05, 3.63) is 219 Å². The van der Waals surface area contributed by atoms with Crippen molar-refractivity contribution in [2.75, 3.05) is 39.6 Å². The second kappa shape index (κ2) is 96.9. The van der Waals surface area contributed by atoms with Gasteiger partial charge >= 0.3 is 33.6 Å². The van der Waals surface area contributed by atoms with E-state index in [0.29, 0.717) is 19.3 Å². The van der Waals surface area contributed by atoms with Gasteiger partial charge in [0.15, 0.2) is 6.10 Å². The maximum atomic E-state index is 13.1. The highest BCUT2D eigenvalue weighted by Gasteiger charge is 2.30. The average molecular weight is 1780 g/mol. The van der Waals surface area contributed by atoms with Crippen LogP contribution in [0.4, 0.5) is 0 Å². The Labute approximate surface area is 762 Å². The van der Waals surface area contributed by atoms with Gasteiger partial charge in [-0.2, -0.15) is 0 Å². The van der Waals surface area contributed by atoms with Gasteiger partial charge in [0.2, 0.25) is 0 Å². The van der Waals surface area contributed by atoms with E-state index >= 15 is 0 Å². The molecule has 0 saturated carbocycles. The normalized spacial score (nSPS) is 14.6. The lowest BCUT2D eigenvalue weighted by Gasteiger charge is -2.21. The number of unbranched alkanes of at least 4 members (excludes halogenated alkanes) is 32. The highest BCUT2D eigenvalue weighted by molar-refractivity contribution is 7.47. The van der Waals surface area contributed by atoms with Gasteiger partial charge in [0.05, 0.1) is 26.4 Å². The van der Waals surface area contributed by atoms with Gasteiger partial charge in [0, 0.05) is 19.3 Å². The van der Waals surface area contributed by atoms with Crippen molar-refractivity contribution in [1.29, 1.82) is 0 Å². The molecule has 0 aromatic carbocycles. The van der Waals surface area contributed by atoms with Crippen LogP contribution in [0.25, 0.3) is 0 Å². The maximum Gasteiger partial charge on any atom is 0.472 e. The molecule has 0 heterocycles. The predicted octanol–water partition coefficient (Wildman–Crippen LogP) is 30.9. The molecule has 0 saturated heterocycles. The Morgan fingerprint density at radius 1 is 0.224 bits per heavy atom. The van der Waals surface area contributed by atoms with Gasteiger partial charge in [0.25, 0.3) is 0 Å². The predicted molar refractivity (Wildman–Crippen MR) is 527 cm³/mol. The number of aliphatic hydroxyl groups excluding tert-OH is 2. The van der Waals surface area contributed by atoms with E-state index < -0.39 is 91.5 Å². The molecular weight excluding hydrogens is 1600 g/mol. The third kappa shape index (κ3) is 98.3. The first-order chi connectivity index (χ1) is 61.2. The number of esters is 3. The molecule has 5 unspecified atom stereocenters. The fraction of sp³-hybridized carbons (Fsp3) is 0.636. The Morgan fingerprint density at radius 2 is 0.400 bits per heavy atom. The smallest absolute Gasteiger partial charge is 0.463 e. The number of rotatable bonds is 91. The van der Waals surface area contributed by atoms with Gasteiger partial charge in [-0.3, -0.25) is 32.5 Å². The zero-order valence-corrected chi connectivity index (χ0v) is 80.2. The highest BCUT2D eigenvalue weighted by Crippen LogP contribution is 2.45. The summed E-state index contributed by atoms with van der Waals surface area (Å²) in [4.78, 5) is 59.1. The Balaban J connectivity index is 4.62. The lowest BCUT2D eigenvalue weighted by molar-refractivity contribution is -0.161. The van der Waals surface area contributed by atoms with E-state index in [0.717, 1.165) is 199 Å². The average Bonchev–Trinajstić information content (AvgIpc) is 0.904. The molecule has 18 heteroatoms. The summed E-state index contributed by atoms with van der Waals surface area (Å²) in [5.41, 5.74) is 0. The standard InChI is InChI=1S/C107H176O16P2/c1-4-7-10-13-16-19-22-25-28-31-34-37-40-42-44-46-48-50-52-54-56-58-61-63-66-69-72-75-78-81-84-87-90-93-105(110)117-96-102(108)97-119-124(113,114)120-98-103(109)99-121-125(115,116)122-101-104(123-107(112)95-92-89-86-83-80-77-74-71-68-65-60-39-36-33-30-27-24-21-18-15-12-9-6-3)100-118-106(111)94-91-88-85-82-79-76-73-70-67-64-62-59-57-55-53-51-49-47-45-43-41-38-35-32-29-26-23-20-17-14-11-8-5-2/h7-12,16-21,25-30,34-39,42-45,48-51,65,68,74,77,102-104,108-109H,4-6,13-15,22-24,31-33,40-41,46-47,52-64,66-67,69-73,75-76,78-101H2,1-3H3,(H,113,114)(H,115,116)/b10-7-,11-8-,12-9-,19-16-,20-17-,21-18-,28-25-,29-26-,30-27-,37-34-,38-35-,39-36-,44-42-,45-43-,50-48-,51-49-,68-65-,77-74-. The first kappa shape index (κ1) is 119.